The molecule has 1 aliphatic rings. The maximum atomic E-state index is 6.32. The Hall–Kier alpha value is 0.394. The fraction of sp³-hybridized carbons (Fsp3) is 1.00. The van der Waals surface area contributed by atoms with E-state index < -0.39 is 7.83 Å². The van der Waals surface area contributed by atoms with Gasteiger partial charge in [0.1, 0.15) is 0 Å². The summed E-state index contributed by atoms with van der Waals surface area (Å²) in [5, 5.41) is 0. The van der Waals surface area contributed by atoms with Crippen LogP contribution >= 0.6 is 0 Å². The molecule has 1 rings (SSSR count). The summed E-state index contributed by atoms with van der Waals surface area (Å²) in [4.78, 5) is 0. The van der Waals surface area contributed by atoms with Crippen molar-refractivity contribution in [2.24, 2.45) is 5.92 Å². The van der Waals surface area contributed by atoms with Gasteiger partial charge in [0, 0.05) is 9.76 Å². The van der Waals surface area contributed by atoms with Gasteiger partial charge in [0.15, 0.2) is 7.83 Å². The van der Waals surface area contributed by atoms with E-state index in [0.29, 0.717) is 0 Å². The summed E-state index contributed by atoms with van der Waals surface area (Å²) < 4.78 is 6.32. The molecule has 2 unspecified atom stereocenters. The zero-order chi connectivity index (χ0) is 9.41. The Bertz CT molecular complexity index is 167. The van der Waals surface area contributed by atoms with Gasteiger partial charge in [-0.15, -0.1) is 0 Å². The van der Waals surface area contributed by atoms with E-state index in [9.17, 15) is 0 Å². The molecule has 0 aromatic heterocycles. The van der Waals surface area contributed by atoms with E-state index in [-0.39, 0.29) is 5.60 Å². The molecule has 1 saturated heterocycles. The van der Waals surface area contributed by atoms with Gasteiger partial charge < -0.3 is 4.43 Å². The molecule has 0 radical (unpaired) electrons. The summed E-state index contributed by atoms with van der Waals surface area (Å²) in [6, 6.07) is 2.75. The van der Waals surface area contributed by atoms with Crippen molar-refractivity contribution in [1.29, 1.82) is 0 Å². The highest BCUT2D eigenvalue weighted by Gasteiger charge is 2.41. The van der Waals surface area contributed by atoms with Crippen molar-refractivity contribution < 1.29 is 4.43 Å². The van der Waals surface area contributed by atoms with Gasteiger partial charge in [-0.2, -0.15) is 0 Å². The Balaban J connectivity index is 2.68. The van der Waals surface area contributed by atoms with E-state index >= 15 is 0 Å². The lowest BCUT2D eigenvalue weighted by Crippen LogP contribution is -2.53. The van der Waals surface area contributed by atoms with Gasteiger partial charge in [0.25, 0.3) is 0 Å². The van der Waals surface area contributed by atoms with Gasteiger partial charge in [-0.05, 0) is 38.3 Å². The molecular formula is C9H22OSi2. The third-order valence-corrected chi connectivity index (χ3v) is 11.6. The van der Waals surface area contributed by atoms with Gasteiger partial charge in [-0.25, -0.2) is 0 Å². The molecule has 1 fully saturated rings. The minimum atomic E-state index is -1.15. The van der Waals surface area contributed by atoms with E-state index in [1.54, 1.807) is 0 Å². The smallest absolute Gasteiger partial charge is 0.169 e. The molecule has 3 heteroatoms. The van der Waals surface area contributed by atoms with Crippen LogP contribution in [0.15, 0.2) is 0 Å². The molecule has 72 valence electrons. The van der Waals surface area contributed by atoms with Crippen LogP contribution in [0.5, 0.6) is 0 Å². The van der Waals surface area contributed by atoms with Crippen molar-refractivity contribution >= 4 is 17.6 Å². The van der Waals surface area contributed by atoms with Crippen LogP contribution in [0.3, 0.4) is 0 Å². The van der Waals surface area contributed by atoms with Gasteiger partial charge >= 0.3 is 0 Å². The Morgan fingerprint density at radius 3 is 2.58 bits per heavy atom. The summed E-state index contributed by atoms with van der Waals surface area (Å²) in [5.41, 5.74) is 0.169. The first-order valence-corrected chi connectivity index (χ1v) is 10.9. The lowest BCUT2D eigenvalue weighted by atomic mass is 9.91. The van der Waals surface area contributed by atoms with Crippen molar-refractivity contribution in [2.75, 3.05) is 0 Å². The number of hydrogen-bond acceptors (Lipinski definition) is 1. The lowest BCUT2D eigenvalue weighted by Gasteiger charge is -2.46. The molecule has 1 nitrogen and oxygen atoms in total. The first-order valence-electron chi connectivity index (χ1n) is 5.10. The summed E-state index contributed by atoms with van der Waals surface area (Å²) in [7, 11) is 0.161. The third kappa shape index (κ3) is 2.00. The molecule has 0 saturated carbocycles. The summed E-state index contributed by atoms with van der Waals surface area (Å²) in [5.74, 6) is 0.749. The quantitative estimate of drug-likeness (QED) is 0.588. The van der Waals surface area contributed by atoms with Crippen molar-refractivity contribution in [2.45, 2.75) is 51.8 Å². The van der Waals surface area contributed by atoms with Crippen LogP contribution in [-0.4, -0.2) is 23.2 Å². The zero-order valence-electron chi connectivity index (χ0n) is 9.11. The van der Waals surface area contributed by atoms with E-state index in [4.69, 9.17) is 4.43 Å². The molecule has 12 heavy (non-hydrogen) atoms. The monoisotopic (exact) mass is 202 g/mol. The fourth-order valence-electron chi connectivity index (χ4n) is 1.91. The lowest BCUT2D eigenvalue weighted by molar-refractivity contribution is 0.0260. The summed E-state index contributed by atoms with van der Waals surface area (Å²) >= 11 is 0. The molecule has 0 aromatic rings. The summed E-state index contributed by atoms with van der Waals surface area (Å²) in [6.07, 6.45) is 1.40. The van der Waals surface area contributed by atoms with Crippen molar-refractivity contribution in [3.63, 3.8) is 0 Å². The highest BCUT2D eigenvalue weighted by molar-refractivity contribution is 7.13. The fourth-order valence-corrected chi connectivity index (χ4v) is 7.46. The standard InChI is InChI=1S/C9H22OSi2/c1-5-12(11)7-6-8(2)9(3,4)10-12/h8H,5-7H2,1-4,11H3. The molecule has 0 bridgehead atoms. The first kappa shape index (κ1) is 10.5. The van der Waals surface area contributed by atoms with Crippen LogP contribution in [0, 0.1) is 5.92 Å². The summed E-state index contributed by atoms with van der Waals surface area (Å²) in [6.45, 7) is 9.18. The van der Waals surface area contributed by atoms with Crippen molar-refractivity contribution in [3.05, 3.63) is 0 Å². The molecule has 1 heterocycles. The number of hydrogen-bond donors (Lipinski definition) is 0. The molecular weight excluding hydrogens is 180 g/mol. The second kappa shape index (κ2) is 3.27. The largest absolute Gasteiger partial charge is 0.415 e. The van der Waals surface area contributed by atoms with Gasteiger partial charge in [0.2, 0.25) is 0 Å². The maximum Gasteiger partial charge on any atom is 0.169 e. The Kier molecular flexibility index (Phi) is 2.86. The molecule has 0 N–H and O–H groups in total. The van der Waals surface area contributed by atoms with Crippen molar-refractivity contribution in [1.82, 2.24) is 0 Å². The average molecular weight is 202 g/mol. The van der Waals surface area contributed by atoms with Crippen LogP contribution in [-0.2, 0) is 4.43 Å². The molecule has 0 aliphatic carbocycles. The third-order valence-electron chi connectivity index (χ3n) is 3.55. The predicted molar refractivity (Wildman–Crippen MR) is 59.9 cm³/mol. The van der Waals surface area contributed by atoms with E-state index in [0.717, 1.165) is 5.92 Å². The highest BCUT2D eigenvalue weighted by Crippen LogP contribution is 2.37. The highest BCUT2D eigenvalue weighted by atomic mass is 29.2. The minimum Gasteiger partial charge on any atom is -0.415 e. The number of rotatable bonds is 1. The van der Waals surface area contributed by atoms with Crippen LogP contribution in [0.25, 0.3) is 0 Å². The molecule has 0 amide bonds. The molecule has 0 spiro atoms. The SMILES string of the molecule is CC[Si]1([SiH3])CCC(C)C(C)(C)O1. The van der Waals surface area contributed by atoms with Crippen LogP contribution < -0.4 is 0 Å². The van der Waals surface area contributed by atoms with E-state index in [2.05, 4.69) is 27.7 Å². The normalized spacial score (nSPS) is 41.5. The van der Waals surface area contributed by atoms with Crippen LogP contribution in [0.4, 0.5) is 0 Å². The molecule has 2 atom stereocenters. The van der Waals surface area contributed by atoms with E-state index in [1.165, 1.54) is 28.3 Å². The van der Waals surface area contributed by atoms with Gasteiger partial charge in [-0.1, -0.05) is 13.8 Å². The first-order chi connectivity index (χ1) is 5.40. The molecule has 1 aliphatic heterocycles. The second-order valence-corrected chi connectivity index (χ2v) is 14.7. The maximum absolute atomic E-state index is 6.32. The van der Waals surface area contributed by atoms with Gasteiger partial charge in [-0.3, -0.25) is 0 Å². The van der Waals surface area contributed by atoms with Crippen LogP contribution in [0.2, 0.25) is 12.1 Å². The topological polar surface area (TPSA) is 9.23 Å². The van der Waals surface area contributed by atoms with Crippen LogP contribution in [0.1, 0.15) is 34.1 Å². The van der Waals surface area contributed by atoms with Crippen molar-refractivity contribution in [3.8, 4) is 0 Å². The second-order valence-electron chi connectivity index (χ2n) is 4.95. The predicted octanol–water partition coefficient (Wildman–Crippen LogP) is 1.65. The Labute approximate surface area is 80.2 Å². The Morgan fingerprint density at radius 1 is 1.58 bits per heavy atom. The zero-order valence-corrected chi connectivity index (χ0v) is 12.1. The average Bonchev–Trinajstić information content (AvgIpc) is 1.97. The van der Waals surface area contributed by atoms with Gasteiger partial charge in [0.05, 0.1) is 5.60 Å². The minimum absolute atomic E-state index is 0.169. The van der Waals surface area contributed by atoms with E-state index in [1.807, 2.05) is 0 Å². The Morgan fingerprint density at radius 2 is 2.17 bits per heavy atom. The molecule has 0 aromatic carbocycles.